The number of likely N-dealkylation sites (tertiary alicyclic amines) is 1. The molecule has 2 aromatic heterocycles. The van der Waals surface area contributed by atoms with E-state index in [-0.39, 0.29) is 6.03 Å². The van der Waals surface area contributed by atoms with Gasteiger partial charge in [0.2, 0.25) is 5.65 Å². The molecule has 1 aliphatic heterocycles. The number of aryl methyl sites for hydroxylation is 1. The molecule has 0 spiro atoms. The molecule has 25 heavy (non-hydrogen) atoms. The van der Waals surface area contributed by atoms with Crippen LogP contribution in [-0.2, 0) is 6.42 Å². The van der Waals surface area contributed by atoms with Crippen LogP contribution in [0.4, 0.5) is 4.79 Å². The average Bonchev–Trinajstić information content (AvgIpc) is 3.11. The smallest absolute Gasteiger partial charge is 0.323 e. The predicted molar refractivity (Wildman–Crippen MR) is 95.2 cm³/mol. The minimum absolute atomic E-state index is 0.1000. The molecule has 0 aliphatic carbocycles. The maximum Gasteiger partial charge on any atom is 0.346 e. The van der Waals surface area contributed by atoms with Crippen LogP contribution in [0.1, 0.15) is 24.8 Å². The fourth-order valence-electron chi connectivity index (χ4n) is 3.47. The van der Waals surface area contributed by atoms with E-state index < -0.39 is 0 Å². The quantitative estimate of drug-likeness (QED) is 0.737. The molecule has 6 nitrogen and oxygen atoms in total. The summed E-state index contributed by atoms with van der Waals surface area (Å²) in [6.07, 6.45) is 6.04. The summed E-state index contributed by atoms with van der Waals surface area (Å²) in [5, 5.41) is 7.95. The molecule has 0 atom stereocenters. The van der Waals surface area contributed by atoms with Gasteiger partial charge in [0.1, 0.15) is 5.52 Å². The summed E-state index contributed by atoms with van der Waals surface area (Å²) >= 11 is 0. The SMILES string of the molecule is O=C(N1CCC(CCc2ccccc2)CC1)n1nnc2ncccc21. The van der Waals surface area contributed by atoms with E-state index in [1.165, 1.54) is 16.7 Å². The van der Waals surface area contributed by atoms with Gasteiger partial charge in [-0.05, 0) is 49.3 Å². The van der Waals surface area contributed by atoms with Crippen LogP contribution in [0.2, 0.25) is 0 Å². The van der Waals surface area contributed by atoms with Crippen molar-refractivity contribution in [3.63, 3.8) is 0 Å². The van der Waals surface area contributed by atoms with Crippen molar-refractivity contribution in [1.29, 1.82) is 0 Å². The summed E-state index contributed by atoms with van der Waals surface area (Å²) in [4.78, 5) is 18.7. The van der Waals surface area contributed by atoms with Crippen LogP contribution in [0.15, 0.2) is 48.7 Å². The summed E-state index contributed by atoms with van der Waals surface area (Å²) in [6.45, 7) is 1.56. The molecule has 0 saturated carbocycles. The van der Waals surface area contributed by atoms with Crippen LogP contribution in [0.25, 0.3) is 11.2 Å². The molecule has 3 aromatic rings. The third kappa shape index (κ3) is 3.38. The molecule has 1 aliphatic rings. The number of carbonyl (C=O) groups is 1. The zero-order valence-corrected chi connectivity index (χ0v) is 14.1. The molecule has 0 unspecified atom stereocenters. The monoisotopic (exact) mass is 335 g/mol. The van der Waals surface area contributed by atoms with Gasteiger partial charge in [0.05, 0.1) is 0 Å². The van der Waals surface area contributed by atoms with Crippen LogP contribution in [-0.4, -0.2) is 44.0 Å². The maximum atomic E-state index is 12.7. The number of fused-ring (bicyclic) bond motifs is 1. The number of piperidine rings is 1. The Morgan fingerprint density at radius 2 is 1.88 bits per heavy atom. The van der Waals surface area contributed by atoms with Crippen molar-refractivity contribution in [2.45, 2.75) is 25.7 Å². The van der Waals surface area contributed by atoms with Crippen LogP contribution < -0.4 is 0 Å². The number of hydrogen-bond acceptors (Lipinski definition) is 4. The molecule has 4 rings (SSSR count). The van der Waals surface area contributed by atoms with Gasteiger partial charge >= 0.3 is 6.03 Å². The van der Waals surface area contributed by atoms with E-state index in [4.69, 9.17) is 0 Å². The van der Waals surface area contributed by atoms with Gasteiger partial charge in [-0.1, -0.05) is 35.5 Å². The molecule has 1 aromatic carbocycles. The third-order valence-electron chi connectivity index (χ3n) is 4.97. The Balaban J connectivity index is 1.34. The molecule has 0 radical (unpaired) electrons. The van der Waals surface area contributed by atoms with Crippen LogP contribution in [0.3, 0.4) is 0 Å². The van der Waals surface area contributed by atoms with Gasteiger partial charge in [0.25, 0.3) is 0 Å². The highest BCUT2D eigenvalue weighted by atomic mass is 16.2. The standard InChI is InChI=1S/C19H21N5O/c25-19(24-17-7-4-12-20-18(17)21-22-24)23-13-10-16(11-14-23)9-8-15-5-2-1-3-6-15/h1-7,12,16H,8-11,13-14H2. The highest BCUT2D eigenvalue weighted by Crippen LogP contribution is 2.23. The van der Waals surface area contributed by atoms with E-state index in [9.17, 15) is 4.79 Å². The van der Waals surface area contributed by atoms with E-state index in [1.807, 2.05) is 11.0 Å². The molecule has 6 heteroatoms. The van der Waals surface area contributed by atoms with Gasteiger partial charge in [-0.25, -0.2) is 9.78 Å². The van der Waals surface area contributed by atoms with Crippen molar-refractivity contribution in [2.24, 2.45) is 5.92 Å². The highest BCUT2D eigenvalue weighted by Gasteiger charge is 2.25. The lowest BCUT2D eigenvalue weighted by molar-refractivity contribution is 0.167. The number of rotatable bonds is 3. The normalized spacial score (nSPS) is 15.6. The van der Waals surface area contributed by atoms with Gasteiger partial charge in [-0.3, -0.25) is 0 Å². The van der Waals surface area contributed by atoms with Crippen LogP contribution in [0.5, 0.6) is 0 Å². The number of hydrogen-bond donors (Lipinski definition) is 0. The van der Waals surface area contributed by atoms with E-state index in [2.05, 4.69) is 45.6 Å². The Kier molecular flexibility index (Phi) is 4.41. The first-order chi connectivity index (χ1) is 12.3. The van der Waals surface area contributed by atoms with Gasteiger partial charge in [-0.15, -0.1) is 5.10 Å². The van der Waals surface area contributed by atoms with Gasteiger partial charge < -0.3 is 4.90 Å². The average molecular weight is 335 g/mol. The lowest BCUT2D eigenvalue weighted by Crippen LogP contribution is -2.41. The first-order valence-electron chi connectivity index (χ1n) is 8.81. The Bertz CT molecular complexity index is 852. The van der Waals surface area contributed by atoms with Crippen molar-refractivity contribution in [3.05, 3.63) is 54.2 Å². The van der Waals surface area contributed by atoms with E-state index in [0.29, 0.717) is 17.1 Å². The molecule has 1 saturated heterocycles. The molecule has 1 fully saturated rings. The second-order valence-electron chi connectivity index (χ2n) is 6.58. The molecule has 3 heterocycles. The topological polar surface area (TPSA) is 63.9 Å². The van der Waals surface area contributed by atoms with Gasteiger partial charge in [-0.2, -0.15) is 4.68 Å². The molecular formula is C19H21N5O. The summed E-state index contributed by atoms with van der Waals surface area (Å²) in [5.41, 5.74) is 2.56. The number of carbonyl (C=O) groups excluding carboxylic acids is 1. The second kappa shape index (κ2) is 7.01. The van der Waals surface area contributed by atoms with Gasteiger partial charge in [0, 0.05) is 19.3 Å². The Labute approximate surface area is 146 Å². The zero-order valence-electron chi connectivity index (χ0n) is 14.1. The van der Waals surface area contributed by atoms with Crippen molar-refractivity contribution in [3.8, 4) is 0 Å². The number of pyridine rings is 1. The lowest BCUT2D eigenvalue weighted by atomic mass is 9.91. The fourth-order valence-corrected chi connectivity index (χ4v) is 3.47. The largest absolute Gasteiger partial charge is 0.346 e. The Hall–Kier alpha value is -2.76. The maximum absolute atomic E-state index is 12.7. The van der Waals surface area contributed by atoms with Gasteiger partial charge in [0.15, 0.2) is 0 Å². The molecule has 1 amide bonds. The number of aromatic nitrogens is 4. The van der Waals surface area contributed by atoms with Crippen LogP contribution >= 0.6 is 0 Å². The lowest BCUT2D eigenvalue weighted by Gasteiger charge is -2.31. The highest BCUT2D eigenvalue weighted by molar-refractivity contribution is 5.86. The second-order valence-corrected chi connectivity index (χ2v) is 6.58. The molecule has 128 valence electrons. The fraction of sp³-hybridized carbons (Fsp3) is 0.368. The summed E-state index contributed by atoms with van der Waals surface area (Å²) in [5.74, 6) is 0.679. The van der Waals surface area contributed by atoms with E-state index >= 15 is 0 Å². The minimum atomic E-state index is -0.1000. The number of benzene rings is 1. The van der Waals surface area contributed by atoms with Crippen molar-refractivity contribution < 1.29 is 4.79 Å². The van der Waals surface area contributed by atoms with Crippen molar-refractivity contribution in [1.82, 2.24) is 24.9 Å². The number of nitrogens with zero attached hydrogens (tertiary/aromatic N) is 5. The predicted octanol–water partition coefficient (Wildman–Crippen LogP) is 3.14. The third-order valence-corrected chi connectivity index (χ3v) is 4.97. The minimum Gasteiger partial charge on any atom is -0.323 e. The zero-order chi connectivity index (χ0) is 17.1. The van der Waals surface area contributed by atoms with E-state index in [0.717, 1.165) is 32.4 Å². The Morgan fingerprint density at radius 3 is 2.68 bits per heavy atom. The van der Waals surface area contributed by atoms with Crippen molar-refractivity contribution in [2.75, 3.05) is 13.1 Å². The molecule has 0 bridgehead atoms. The van der Waals surface area contributed by atoms with E-state index in [1.54, 1.807) is 12.3 Å². The summed E-state index contributed by atoms with van der Waals surface area (Å²) < 4.78 is 1.37. The first kappa shape index (κ1) is 15.7. The molecular weight excluding hydrogens is 314 g/mol. The summed E-state index contributed by atoms with van der Waals surface area (Å²) in [7, 11) is 0. The molecule has 0 N–H and O–H groups in total. The summed E-state index contributed by atoms with van der Waals surface area (Å²) in [6, 6.07) is 14.1. The Morgan fingerprint density at radius 1 is 1.08 bits per heavy atom. The number of amides is 1. The van der Waals surface area contributed by atoms with Crippen LogP contribution in [0, 0.1) is 5.92 Å². The first-order valence-corrected chi connectivity index (χ1v) is 8.81. The van der Waals surface area contributed by atoms with Crippen molar-refractivity contribution >= 4 is 17.2 Å².